The predicted molar refractivity (Wildman–Crippen MR) is 66.0 cm³/mol. The molecule has 2 heterocycles. The van der Waals surface area contributed by atoms with Crippen LogP contribution in [0.4, 0.5) is 0 Å². The van der Waals surface area contributed by atoms with Crippen LogP contribution in [0.15, 0.2) is 0 Å². The standard InChI is InChI=1S/C13H18N2O4/c16-9-10-3-1-7-14(10)12(18)5-6-13(19)15-8-2-4-11(15)17/h9-10H,1-8H2/t10-/m0/s1. The fourth-order valence-corrected chi connectivity index (χ4v) is 2.65. The first-order valence-electron chi connectivity index (χ1n) is 6.71. The van der Waals surface area contributed by atoms with Crippen molar-refractivity contribution in [3.63, 3.8) is 0 Å². The lowest BCUT2D eigenvalue weighted by Crippen LogP contribution is -2.38. The van der Waals surface area contributed by atoms with Gasteiger partial charge in [-0.3, -0.25) is 19.3 Å². The largest absolute Gasteiger partial charge is 0.333 e. The van der Waals surface area contributed by atoms with Gasteiger partial charge in [0.25, 0.3) is 0 Å². The molecule has 2 aliphatic rings. The first-order chi connectivity index (χ1) is 9.13. The van der Waals surface area contributed by atoms with Crippen LogP contribution in [0.5, 0.6) is 0 Å². The van der Waals surface area contributed by atoms with E-state index in [1.165, 1.54) is 9.80 Å². The normalized spacial score (nSPS) is 22.9. The maximum absolute atomic E-state index is 11.9. The van der Waals surface area contributed by atoms with E-state index in [9.17, 15) is 19.2 Å². The van der Waals surface area contributed by atoms with E-state index >= 15 is 0 Å². The van der Waals surface area contributed by atoms with Crippen LogP contribution < -0.4 is 0 Å². The lowest BCUT2D eigenvalue weighted by Gasteiger charge is -2.20. The first-order valence-corrected chi connectivity index (χ1v) is 6.71. The molecule has 2 rings (SSSR count). The van der Waals surface area contributed by atoms with Crippen LogP contribution in [0.3, 0.4) is 0 Å². The van der Waals surface area contributed by atoms with Crippen molar-refractivity contribution in [3.05, 3.63) is 0 Å². The Morgan fingerprint density at radius 1 is 1.16 bits per heavy atom. The van der Waals surface area contributed by atoms with E-state index < -0.39 is 0 Å². The van der Waals surface area contributed by atoms with Crippen LogP contribution in [0.25, 0.3) is 0 Å². The van der Waals surface area contributed by atoms with Crippen molar-refractivity contribution >= 4 is 24.0 Å². The van der Waals surface area contributed by atoms with Crippen molar-refractivity contribution in [3.8, 4) is 0 Å². The van der Waals surface area contributed by atoms with Gasteiger partial charge in [-0.05, 0) is 19.3 Å². The zero-order valence-electron chi connectivity index (χ0n) is 10.8. The third-order valence-electron chi connectivity index (χ3n) is 3.70. The molecular formula is C13H18N2O4. The summed E-state index contributed by atoms with van der Waals surface area (Å²) in [7, 11) is 0. The molecule has 2 saturated heterocycles. The summed E-state index contributed by atoms with van der Waals surface area (Å²) in [5, 5.41) is 0. The Bertz CT molecular complexity index is 407. The van der Waals surface area contributed by atoms with E-state index in [4.69, 9.17) is 0 Å². The summed E-state index contributed by atoms with van der Waals surface area (Å²) in [5.74, 6) is -0.600. The van der Waals surface area contributed by atoms with Crippen molar-refractivity contribution < 1.29 is 19.2 Å². The van der Waals surface area contributed by atoms with Gasteiger partial charge in [-0.15, -0.1) is 0 Å². The third-order valence-corrected chi connectivity index (χ3v) is 3.70. The highest BCUT2D eigenvalue weighted by atomic mass is 16.2. The van der Waals surface area contributed by atoms with Gasteiger partial charge < -0.3 is 9.69 Å². The molecule has 2 fully saturated rings. The van der Waals surface area contributed by atoms with E-state index in [1.807, 2.05) is 0 Å². The molecule has 0 aromatic rings. The number of nitrogens with zero attached hydrogens (tertiary/aromatic N) is 2. The van der Waals surface area contributed by atoms with Crippen molar-refractivity contribution in [1.29, 1.82) is 0 Å². The summed E-state index contributed by atoms with van der Waals surface area (Å²) >= 11 is 0. The summed E-state index contributed by atoms with van der Waals surface area (Å²) in [4.78, 5) is 48.7. The van der Waals surface area contributed by atoms with Gasteiger partial charge in [0.2, 0.25) is 17.7 Å². The van der Waals surface area contributed by atoms with Crippen molar-refractivity contribution in [1.82, 2.24) is 9.80 Å². The molecule has 6 heteroatoms. The number of aldehydes is 1. The maximum Gasteiger partial charge on any atom is 0.229 e. The molecule has 1 atom stereocenters. The molecule has 0 radical (unpaired) electrons. The Kier molecular flexibility index (Phi) is 4.29. The average Bonchev–Trinajstić information content (AvgIpc) is 3.03. The molecule has 2 aliphatic heterocycles. The van der Waals surface area contributed by atoms with Gasteiger partial charge in [-0.25, -0.2) is 0 Å². The molecule has 0 N–H and O–H groups in total. The molecule has 19 heavy (non-hydrogen) atoms. The number of likely N-dealkylation sites (tertiary alicyclic amines) is 2. The van der Waals surface area contributed by atoms with Crippen LogP contribution in [0.2, 0.25) is 0 Å². The van der Waals surface area contributed by atoms with Crippen LogP contribution in [-0.4, -0.2) is 52.9 Å². The molecule has 0 aromatic heterocycles. The molecular weight excluding hydrogens is 248 g/mol. The minimum absolute atomic E-state index is 0.0483. The second kappa shape index (κ2) is 5.95. The van der Waals surface area contributed by atoms with Crippen LogP contribution in [-0.2, 0) is 19.2 Å². The van der Waals surface area contributed by atoms with E-state index in [0.29, 0.717) is 32.4 Å². The highest BCUT2D eigenvalue weighted by molar-refractivity contribution is 5.97. The van der Waals surface area contributed by atoms with E-state index in [2.05, 4.69) is 0 Å². The summed E-state index contributed by atoms with van der Waals surface area (Å²) in [6, 6.07) is -0.337. The van der Waals surface area contributed by atoms with Crippen LogP contribution in [0, 0.1) is 0 Å². The monoisotopic (exact) mass is 266 g/mol. The number of hydrogen-bond donors (Lipinski definition) is 0. The molecule has 0 spiro atoms. The van der Waals surface area contributed by atoms with Gasteiger partial charge in [0.1, 0.15) is 6.29 Å². The van der Waals surface area contributed by atoms with Gasteiger partial charge in [-0.2, -0.15) is 0 Å². The molecule has 6 nitrogen and oxygen atoms in total. The van der Waals surface area contributed by atoms with Crippen molar-refractivity contribution in [2.45, 2.75) is 44.6 Å². The minimum atomic E-state index is -0.337. The third kappa shape index (κ3) is 3.00. The predicted octanol–water partition coefficient (Wildman–Crippen LogP) is 0.105. The first kappa shape index (κ1) is 13.7. The van der Waals surface area contributed by atoms with Gasteiger partial charge in [0, 0.05) is 32.4 Å². The Morgan fingerprint density at radius 3 is 2.53 bits per heavy atom. The highest BCUT2D eigenvalue weighted by Crippen LogP contribution is 2.18. The Labute approximate surface area is 111 Å². The summed E-state index contributed by atoms with van der Waals surface area (Å²) < 4.78 is 0. The van der Waals surface area contributed by atoms with Crippen molar-refractivity contribution in [2.24, 2.45) is 0 Å². The van der Waals surface area contributed by atoms with Crippen LogP contribution in [0.1, 0.15) is 38.5 Å². The smallest absolute Gasteiger partial charge is 0.229 e. The number of imide groups is 1. The average molecular weight is 266 g/mol. The van der Waals surface area contributed by atoms with E-state index in [0.717, 1.165) is 12.7 Å². The number of carbonyl (C=O) groups is 4. The quantitative estimate of drug-likeness (QED) is 0.677. The van der Waals surface area contributed by atoms with Gasteiger partial charge >= 0.3 is 0 Å². The van der Waals surface area contributed by atoms with E-state index in [-0.39, 0.29) is 36.6 Å². The summed E-state index contributed by atoms with van der Waals surface area (Å²) in [5.41, 5.74) is 0. The Balaban J connectivity index is 1.81. The molecule has 0 aliphatic carbocycles. The molecule has 0 unspecified atom stereocenters. The Hall–Kier alpha value is -1.72. The topological polar surface area (TPSA) is 74.8 Å². The molecule has 0 aromatic carbocycles. The van der Waals surface area contributed by atoms with Gasteiger partial charge in [-0.1, -0.05) is 0 Å². The number of amides is 3. The zero-order chi connectivity index (χ0) is 13.8. The number of carbonyl (C=O) groups excluding carboxylic acids is 4. The maximum atomic E-state index is 11.9. The van der Waals surface area contributed by atoms with E-state index in [1.54, 1.807) is 0 Å². The number of hydrogen-bond acceptors (Lipinski definition) is 4. The molecule has 0 saturated carbocycles. The lowest BCUT2D eigenvalue weighted by molar-refractivity contribution is -0.144. The second-order valence-electron chi connectivity index (χ2n) is 4.98. The zero-order valence-corrected chi connectivity index (χ0v) is 10.8. The summed E-state index contributed by atoms with van der Waals surface area (Å²) in [6.07, 6.45) is 3.56. The van der Waals surface area contributed by atoms with Gasteiger partial charge in [0.05, 0.1) is 6.04 Å². The highest BCUT2D eigenvalue weighted by Gasteiger charge is 2.30. The van der Waals surface area contributed by atoms with Gasteiger partial charge in [0.15, 0.2) is 0 Å². The fourth-order valence-electron chi connectivity index (χ4n) is 2.65. The Morgan fingerprint density at radius 2 is 1.89 bits per heavy atom. The molecule has 0 bridgehead atoms. The lowest BCUT2D eigenvalue weighted by atomic mass is 10.2. The molecule has 104 valence electrons. The second-order valence-corrected chi connectivity index (χ2v) is 4.98. The minimum Gasteiger partial charge on any atom is -0.333 e. The number of rotatable bonds is 4. The van der Waals surface area contributed by atoms with Crippen molar-refractivity contribution in [2.75, 3.05) is 13.1 Å². The SMILES string of the molecule is O=C[C@@H]1CCCN1C(=O)CCC(=O)N1CCCC1=O. The molecule has 3 amide bonds. The summed E-state index contributed by atoms with van der Waals surface area (Å²) in [6.45, 7) is 1.05. The fraction of sp³-hybridized carbons (Fsp3) is 0.692. The van der Waals surface area contributed by atoms with Crippen LogP contribution >= 0.6 is 0 Å².